The van der Waals surface area contributed by atoms with Crippen molar-refractivity contribution in [3.8, 4) is 22.0 Å². The molecule has 4 aromatic rings. The predicted octanol–water partition coefficient (Wildman–Crippen LogP) is 2.50. The molecule has 2 aromatic carbocycles. The van der Waals surface area contributed by atoms with E-state index in [-0.39, 0.29) is 12.5 Å². The number of amides is 1. The summed E-state index contributed by atoms with van der Waals surface area (Å²) in [5.74, 6) is 0.179. The summed E-state index contributed by atoms with van der Waals surface area (Å²) in [6.45, 7) is -0.0555. The second kappa shape index (κ2) is 7.19. The van der Waals surface area contributed by atoms with Crippen LogP contribution >= 0.6 is 11.3 Å². The van der Waals surface area contributed by atoms with Crippen LogP contribution in [-0.2, 0) is 11.3 Å². The molecule has 0 radical (unpaired) electrons. The predicted molar refractivity (Wildman–Crippen MR) is 97.2 cm³/mol. The zero-order valence-electron chi connectivity index (χ0n) is 13.5. The van der Waals surface area contributed by atoms with Gasteiger partial charge in [-0.3, -0.25) is 10.1 Å². The maximum absolute atomic E-state index is 12.2. The van der Waals surface area contributed by atoms with Crippen molar-refractivity contribution < 1.29 is 4.79 Å². The van der Waals surface area contributed by atoms with Crippen LogP contribution < -0.4 is 5.32 Å². The van der Waals surface area contributed by atoms with Crippen molar-refractivity contribution in [1.29, 1.82) is 0 Å². The summed E-state index contributed by atoms with van der Waals surface area (Å²) in [4.78, 5) is 13.4. The highest BCUT2D eigenvalue weighted by Crippen LogP contribution is 2.25. The summed E-state index contributed by atoms with van der Waals surface area (Å²) < 4.78 is 0. The van der Waals surface area contributed by atoms with Crippen LogP contribution in [0, 0.1) is 0 Å². The van der Waals surface area contributed by atoms with Gasteiger partial charge in [0.05, 0.1) is 0 Å². The molecular weight excluding hydrogens is 350 g/mol. The van der Waals surface area contributed by atoms with Gasteiger partial charge in [0, 0.05) is 11.1 Å². The van der Waals surface area contributed by atoms with E-state index in [9.17, 15) is 4.79 Å². The van der Waals surface area contributed by atoms with E-state index in [0.717, 1.165) is 16.1 Å². The smallest absolute Gasteiger partial charge is 0.249 e. The second-order valence-electron chi connectivity index (χ2n) is 5.34. The number of hydrogen-bond donors (Lipinski definition) is 1. The molecule has 8 nitrogen and oxygen atoms in total. The normalized spacial score (nSPS) is 10.6. The van der Waals surface area contributed by atoms with Crippen molar-refractivity contribution in [2.75, 3.05) is 5.32 Å². The van der Waals surface area contributed by atoms with E-state index >= 15 is 0 Å². The third-order valence-corrected chi connectivity index (χ3v) is 4.35. The van der Waals surface area contributed by atoms with Crippen molar-refractivity contribution in [2.24, 2.45) is 0 Å². The lowest BCUT2D eigenvalue weighted by atomic mass is 10.2. The lowest BCUT2D eigenvalue weighted by molar-refractivity contribution is -0.117. The fraction of sp³-hybridized carbons (Fsp3) is 0.0588. The monoisotopic (exact) mass is 363 g/mol. The standard InChI is InChI=1S/C17H13N7OS/c25-14(11-24-22-15(19-23-24)12-7-3-1-4-8-12)18-17-21-20-16(26-17)13-9-5-2-6-10-13/h1-10H,11H2,(H,18,21,25). The summed E-state index contributed by atoms with van der Waals surface area (Å²) in [5.41, 5.74) is 1.80. The molecule has 0 bridgehead atoms. The van der Waals surface area contributed by atoms with E-state index in [1.807, 2.05) is 60.7 Å². The molecule has 0 aliphatic heterocycles. The molecule has 2 heterocycles. The minimum Gasteiger partial charge on any atom is -0.299 e. The minimum absolute atomic E-state index is 0.0555. The topological polar surface area (TPSA) is 98.5 Å². The first-order chi connectivity index (χ1) is 12.8. The Bertz CT molecular complexity index is 932. The molecule has 9 heteroatoms. The van der Waals surface area contributed by atoms with Crippen molar-refractivity contribution in [1.82, 2.24) is 30.4 Å². The van der Waals surface area contributed by atoms with Gasteiger partial charge in [0.25, 0.3) is 0 Å². The van der Waals surface area contributed by atoms with Gasteiger partial charge in [-0.2, -0.15) is 4.80 Å². The van der Waals surface area contributed by atoms with Gasteiger partial charge in [-0.25, -0.2) is 0 Å². The van der Waals surface area contributed by atoms with E-state index < -0.39 is 0 Å². The number of nitrogens with one attached hydrogen (secondary N) is 1. The Morgan fingerprint density at radius 1 is 0.923 bits per heavy atom. The van der Waals surface area contributed by atoms with Crippen molar-refractivity contribution in [3.05, 3.63) is 60.7 Å². The molecule has 0 fully saturated rings. The molecule has 4 rings (SSSR count). The summed E-state index contributed by atoms with van der Waals surface area (Å²) in [5, 5.41) is 24.1. The molecule has 2 aromatic heterocycles. The Kier molecular flexibility index (Phi) is 4.44. The first-order valence-corrected chi connectivity index (χ1v) is 8.61. The summed E-state index contributed by atoms with van der Waals surface area (Å²) in [6.07, 6.45) is 0. The van der Waals surface area contributed by atoms with E-state index in [0.29, 0.717) is 11.0 Å². The van der Waals surface area contributed by atoms with Gasteiger partial charge < -0.3 is 0 Å². The maximum atomic E-state index is 12.2. The summed E-state index contributed by atoms with van der Waals surface area (Å²) in [6, 6.07) is 19.1. The zero-order valence-corrected chi connectivity index (χ0v) is 14.3. The van der Waals surface area contributed by atoms with Gasteiger partial charge in [0.1, 0.15) is 11.6 Å². The van der Waals surface area contributed by atoms with Crippen molar-refractivity contribution in [3.63, 3.8) is 0 Å². The number of carbonyl (C=O) groups excluding carboxylic acids is 1. The molecule has 0 aliphatic rings. The quantitative estimate of drug-likeness (QED) is 0.585. The van der Waals surface area contributed by atoms with Gasteiger partial charge in [-0.15, -0.1) is 20.4 Å². The molecule has 26 heavy (non-hydrogen) atoms. The fourth-order valence-corrected chi connectivity index (χ4v) is 3.04. The van der Waals surface area contributed by atoms with Gasteiger partial charge in [-0.05, 0) is 5.21 Å². The van der Waals surface area contributed by atoms with E-state index in [1.54, 1.807) is 0 Å². The van der Waals surface area contributed by atoms with Crippen LogP contribution in [0.25, 0.3) is 22.0 Å². The Morgan fingerprint density at radius 3 is 2.35 bits per heavy atom. The lowest BCUT2D eigenvalue weighted by Gasteiger charge is -1.99. The number of aromatic nitrogens is 6. The number of rotatable bonds is 5. The number of carbonyl (C=O) groups is 1. The van der Waals surface area contributed by atoms with E-state index in [2.05, 4.69) is 30.9 Å². The molecule has 128 valence electrons. The van der Waals surface area contributed by atoms with Crippen LogP contribution in [-0.4, -0.2) is 36.3 Å². The lowest BCUT2D eigenvalue weighted by Crippen LogP contribution is -2.20. The fourth-order valence-electron chi connectivity index (χ4n) is 2.27. The Morgan fingerprint density at radius 2 is 1.62 bits per heavy atom. The third kappa shape index (κ3) is 3.62. The molecular formula is C17H13N7OS. The molecule has 0 unspecified atom stereocenters. The van der Waals surface area contributed by atoms with Crippen LogP contribution in [0.5, 0.6) is 0 Å². The Balaban J connectivity index is 1.40. The van der Waals surface area contributed by atoms with E-state index in [4.69, 9.17) is 0 Å². The Labute approximate surface area is 152 Å². The first-order valence-electron chi connectivity index (χ1n) is 7.80. The first kappa shape index (κ1) is 16.0. The molecule has 0 saturated heterocycles. The average molecular weight is 363 g/mol. The summed E-state index contributed by atoms with van der Waals surface area (Å²) in [7, 11) is 0. The molecule has 0 aliphatic carbocycles. The number of anilines is 1. The van der Waals surface area contributed by atoms with Crippen LogP contribution in [0.15, 0.2) is 60.7 Å². The SMILES string of the molecule is O=C(Cn1nnc(-c2ccccc2)n1)Nc1nnc(-c2ccccc2)s1. The zero-order chi connectivity index (χ0) is 17.8. The van der Waals surface area contributed by atoms with Crippen LogP contribution in [0.3, 0.4) is 0 Å². The average Bonchev–Trinajstić information content (AvgIpc) is 3.33. The third-order valence-electron chi connectivity index (χ3n) is 3.46. The van der Waals surface area contributed by atoms with Crippen LogP contribution in [0.2, 0.25) is 0 Å². The van der Waals surface area contributed by atoms with Gasteiger partial charge in [0.2, 0.25) is 16.9 Å². The van der Waals surface area contributed by atoms with Gasteiger partial charge in [0.15, 0.2) is 0 Å². The number of benzene rings is 2. The highest BCUT2D eigenvalue weighted by Gasteiger charge is 2.12. The minimum atomic E-state index is -0.294. The second-order valence-corrected chi connectivity index (χ2v) is 6.31. The molecule has 1 N–H and O–H groups in total. The largest absolute Gasteiger partial charge is 0.299 e. The van der Waals surface area contributed by atoms with Gasteiger partial charge >= 0.3 is 0 Å². The highest BCUT2D eigenvalue weighted by molar-refractivity contribution is 7.18. The number of tetrazole rings is 1. The molecule has 0 spiro atoms. The molecule has 0 saturated carbocycles. The highest BCUT2D eigenvalue weighted by atomic mass is 32.1. The van der Waals surface area contributed by atoms with Gasteiger partial charge in [-0.1, -0.05) is 72.0 Å². The summed E-state index contributed by atoms with van der Waals surface area (Å²) >= 11 is 1.31. The Hall–Kier alpha value is -3.46. The van der Waals surface area contributed by atoms with Crippen molar-refractivity contribution in [2.45, 2.75) is 6.54 Å². The maximum Gasteiger partial charge on any atom is 0.249 e. The van der Waals surface area contributed by atoms with Crippen LogP contribution in [0.1, 0.15) is 0 Å². The van der Waals surface area contributed by atoms with Crippen molar-refractivity contribution >= 4 is 22.4 Å². The number of nitrogens with zero attached hydrogens (tertiary/aromatic N) is 6. The van der Waals surface area contributed by atoms with E-state index in [1.165, 1.54) is 16.1 Å². The molecule has 1 amide bonds. The molecule has 0 atom stereocenters. The van der Waals surface area contributed by atoms with Crippen LogP contribution in [0.4, 0.5) is 5.13 Å². The number of hydrogen-bond acceptors (Lipinski definition) is 7.